The van der Waals surface area contributed by atoms with Crippen molar-refractivity contribution in [1.82, 2.24) is 5.16 Å². The van der Waals surface area contributed by atoms with E-state index in [1.54, 1.807) is 24.3 Å². The zero-order chi connectivity index (χ0) is 22.6. The quantitative estimate of drug-likeness (QED) is 0.409. The lowest BCUT2D eigenvalue weighted by molar-refractivity contribution is -0.110. The highest BCUT2D eigenvalue weighted by Crippen LogP contribution is 2.48. The Kier molecular flexibility index (Phi) is 4.52. The van der Waals surface area contributed by atoms with Crippen molar-refractivity contribution < 1.29 is 33.0 Å². The second-order valence-electron chi connectivity index (χ2n) is 7.90. The Bertz CT molecular complexity index is 1280. The van der Waals surface area contributed by atoms with Gasteiger partial charge in [-0.15, -0.1) is 0 Å². The van der Waals surface area contributed by atoms with Crippen molar-refractivity contribution in [1.29, 1.82) is 0 Å². The first kappa shape index (κ1) is 20.2. The largest absolute Gasteiger partial charge is 0.504 e. The van der Waals surface area contributed by atoms with Gasteiger partial charge in [-0.3, -0.25) is 4.79 Å². The van der Waals surface area contributed by atoms with Crippen LogP contribution in [-0.4, -0.2) is 35.0 Å². The van der Waals surface area contributed by atoms with Gasteiger partial charge in [0.1, 0.15) is 11.6 Å². The predicted octanol–water partition coefficient (Wildman–Crippen LogP) is 4.03. The van der Waals surface area contributed by atoms with Crippen LogP contribution >= 0.6 is 0 Å². The van der Waals surface area contributed by atoms with Gasteiger partial charge in [-0.1, -0.05) is 24.3 Å². The molecule has 2 heterocycles. The summed E-state index contributed by atoms with van der Waals surface area (Å²) in [5, 5.41) is 26.1. The van der Waals surface area contributed by atoms with E-state index in [1.807, 2.05) is 0 Å². The van der Waals surface area contributed by atoms with Crippen LogP contribution in [0.1, 0.15) is 29.7 Å². The van der Waals surface area contributed by atoms with Gasteiger partial charge in [-0.2, -0.15) is 0 Å². The van der Waals surface area contributed by atoms with Crippen LogP contribution in [0.2, 0.25) is 0 Å². The minimum absolute atomic E-state index is 0.0154. The van der Waals surface area contributed by atoms with Crippen LogP contribution in [0, 0.1) is 11.6 Å². The average molecular weight is 440 g/mol. The summed E-state index contributed by atoms with van der Waals surface area (Å²) in [7, 11) is 1.34. The molecular weight excluding hydrogens is 422 g/mol. The first-order valence-corrected chi connectivity index (χ1v) is 9.88. The number of aromatic nitrogens is 1. The minimum atomic E-state index is -0.998. The third-order valence-corrected chi connectivity index (χ3v) is 6.05. The monoisotopic (exact) mass is 440 g/mol. The molecule has 2 aliphatic rings. The Hall–Kier alpha value is -3.72. The standard InChI is InChI=1S/C23H18F2N2O5/c1-31-16-9-15(32-27-16)21(29)19-18-14(26-22(19)30)8-13(24)17(20(18)25)11-2-4-12(5-3-11)23(10-28)6-7-23/h2-5,8-9,28-29H,6-7,10H2,1H3,(H,26,30). The molecular formula is C23H18F2N2O5. The Morgan fingerprint density at radius 2 is 1.94 bits per heavy atom. The van der Waals surface area contributed by atoms with Gasteiger partial charge < -0.3 is 24.8 Å². The number of fused-ring (bicyclic) bond motifs is 1. The summed E-state index contributed by atoms with van der Waals surface area (Å²) in [4.78, 5) is 12.5. The number of amides is 1. The number of aliphatic hydroxyl groups is 2. The van der Waals surface area contributed by atoms with Gasteiger partial charge in [0.25, 0.3) is 11.8 Å². The van der Waals surface area contributed by atoms with Gasteiger partial charge in [-0.25, -0.2) is 8.78 Å². The van der Waals surface area contributed by atoms with Crippen molar-refractivity contribution in [2.24, 2.45) is 0 Å². The highest BCUT2D eigenvalue weighted by molar-refractivity contribution is 6.36. The number of benzene rings is 2. The van der Waals surface area contributed by atoms with E-state index in [0.29, 0.717) is 0 Å². The lowest BCUT2D eigenvalue weighted by atomic mass is 9.92. The number of hydrogen-bond donors (Lipinski definition) is 3. The maximum absolute atomic E-state index is 15.6. The Labute approximate surface area is 180 Å². The number of ether oxygens (including phenoxy) is 1. The number of carbonyl (C=O) groups is 1. The lowest BCUT2D eigenvalue weighted by Gasteiger charge is -2.14. The van der Waals surface area contributed by atoms with Crippen LogP contribution in [-0.2, 0) is 10.2 Å². The van der Waals surface area contributed by atoms with E-state index in [2.05, 4.69) is 10.5 Å². The maximum Gasteiger partial charge on any atom is 0.260 e. The molecule has 32 heavy (non-hydrogen) atoms. The number of methoxy groups -OCH3 is 1. The molecule has 0 bridgehead atoms. The molecule has 1 aliphatic carbocycles. The predicted molar refractivity (Wildman–Crippen MR) is 111 cm³/mol. The number of nitrogens with one attached hydrogen (secondary N) is 1. The van der Waals surface area contributed by atoms with Gasteiger partial charge in [0.2, 0.25) is 5.76 Å². The summed E-state index contributed by atoms with van der Waals surface area (Å²) in [6, 6.07) is 8.88. The zero-order valence-electron chi connectivity index (χ0n) is 16.9. The molecule has 0 radical (unpaired) electrons. The molecule has 164 valence electrons. The molecule has 0 unspecified atom stereocenters. The number of carbonyl (C=O) groups excluding carboxylic acids is 1. The zero-order valence-corrected chi connectivity index (χ0v) is 16.9. The summed E-state index contributed by atoms with van der Waals surface area (Å²) in [6.07, 6.45) is 1.72. The van der Waals surface area contributed by atoms with Gasteiger partial charge in [0, 0.05) is 5.41 Å². The number of halogens is 2. The van der Waals surface area contributed by atoms with E-state index in [0.717, 1.165) is 24.5 Å². The topological polar surface area (TPSA) is 105 Å². The van der Waals surface area contributed by atoms with Crippen LogP contribution in [0.25, 0.3) is 22.5 Å². The number of nitrogens with zero attached hydrogens (tertiary/aromatic N) is 1. The van der Waals surface area contributed by atoms with Crippen molar-refractivity contribution in [3.63, 3.8) is 0 Å². The second kappa shape index (κ2) is 7.16. The lowest BCUT2D eigenvalue weighted by Crippen LogP contribution is -2.11. The molecule has 9 heteroatoms. The van der Waals surface area contributed by atoms with E-state index < -0.39 is 28.9 Å². The van der Waals surface area contributed by atoms with Gasteiger partial charge >= 0.3 is 0 Å². The molecule has 1 amide bonds. The molecule has 1 saturated carbocycles. The SMILES string of the molecule is COc1cc(C(O)=C2C(=O)Nc3cc(F)c(-c4ccc(C5(CO)CC5)cc4)c(F)c32)on1. The van der Waals surface area contributed by atoms with Crippen LogP contribution < -0.4 is 10.1 Å². The number of anilines is 1. The summed E-state index contributed by atoms with van der Waals surface area (Å²) < 4.78 is 40.3. The molecule has 0 atom stereocenters. The summed E-state index contributed by atoms with van der Waals surface area (Å²) >= 11 is 0. The van der Waals surface area contributed by atoms with Crippen molar-refractivity contribution >= 4 is 22.9 Å². The molecule has 3 aromatic rings. The number of hydrogen-bond acceptors (Lipinski definition) is 6. The highest BCUT2D eigenvalue weighted by Gasteiger charge is 2.43. The fraction of sp³-hybridized carbons (Fsp3) is 0.217. The average Bonchev–Trinajstić information content (AvgIpc) is 3.31. The van der Waals surface area contributed by atoms with Gasteiger partial charge in [0.15, 0.2) is 5.76 Å². The molecule has 1 aliphatic heterocycles. The Morgan fingerprint density at radius 1 is 1.22 bits per heavy atom. The molecule has 3 N–H and O–H groups in total. The minimum Gasteiger partial charge on any atom is -0.504 e. The van der Waals surface area contributed by atoms with Crippen molar-refractivity contribution in [3.8, 4) is 17.0 Å². The second-order valence-corrected chi connectivity index (χ2v) is 7.90. The molecule has 2 aromatic carbocycles. The first-order chi connectivity index (χ1) is 15.4. The maximum atomic E-state index is 15.6. The van der Waals surface area contributed by atoms with Crippen LogP contribution in [0.15, 0.2) is 40.9 Å². The fourth-order valence-electron chi connectivity index (χ4n) is 4.02. The molecule has 0 spiro atoms. The summed E-state index contributed by atoms with van der Waals surface area (Å²) in [6.45, 7) is 0.0154. The first-order valence-electron chi connectivity index (χ1n) is 9.88. The third kappa shape index (κ3) is 2.96. The fourth-order valence-corrected chi connectivity index (χ4v) is 4.02. The van der Waals surface area contributed by atoms with Gasteiger partial charge in [-0.05, 0) is 35.2 Å². The number of rotatable bonds is 5. The van der Waals surface area contributed by atoms with Crippen LogP contribution in [0.3, 0.4) is 0 Å². The number of aliphatic hydroxyl groups excluding tert-OH is 2. The van der Waals surface area contributed by atoms with Crippen LogP contribution in [0.4, 0.5) is 14.5 Å². The van der Waals surface area contributed by atoms with Crippen molar-refractivity contribution in [2.75, 3.05) is 19.0 Å². The van der Waals surface area contributed by atoms with E-state index >= 15 is 4.39 Å². The molecule has 5 rings (SSSR count). The Balaban J connectivity index is 1.63. The molecule has 1 fully saturated rings. The van der Waals surface area contributed by atoms with Crippen molar-refractivity contribution in [3.05, 3.63) is 64.9 Å². The summed E-state index contributed by atoms with van der Waals surface area (Å²) in [5.41, 5.74) is -0.204. The van der Waals surface area contributed by atoms with E-state index in [4.69, 9.17) is 9.26 Å². The normalized spacial score (nSPS) is 17.7. The van der Waals surface area contributed by atoms with Crippen LogP contribution in [0.5, 0.6) is 5.88 Å². The van der Waals surface area contributed by atoms with E-state index in [9.17, 15) is 19.4 Å². The molecule has 0 saturated heterocycles. The third-order valence-electron chi connectivity index (χ3n) is 6.05. The smallest absolute Gasteiger partial charge is 0.260 e. The van der Waals surface area contributed by atoms with Gasteiger partial charge in [0.05, 0.1) is 42.2 Å². The van der Waals surface area contributed by atoms with Crippen molar-refractivity contribution in [2.45, 2.75) is 18.3 Å². The van der Waals surface area contributed by atoms with E-state index in [-0.39, 0.29) is 46.0 Å². The highest BCUT2D eigenvalue weighted by atomic mass is 19.1. The molecule has 1 aromatic heterocycles. The van der Waals surface area contributed by atoms with E-state index in [1.165, 1.54) is 13.2 Å². The Morgan fingerprint density at radius 3 is 2.53 bits per heavy atom. The molecule has 7 nitrogen and oxygen atoms in total. The summed E-state index contributed by atoms with van der Waals surface area (Å²) in [5.74, 6) is -3.46.